The first-order valence-corrected chi connectivity index (χ1v) is 34.2. The van der Waals surface area contributed by atoms with Crippen molar-refractivity contribution in [2.45, 2.75) is 0 Å². The summed E-state index contributed by atoms with van der Waals surface area (Å²) in [7, 11) is 0. The summed E-state index contributed by atoms with van der Waals surface area (Å²) in [5, 5.41) is 19.1. The summed E-state index contributed by atoms with van der Waals surface area (Å²) >= 11 is 0. The first-order chi connectivity index (χ1) is 49.5. The number of pyridine rings is 4. The van der Waals surface area contributed by atoms with E-state index in [0.717, 1.165) is 99.2 Å². The van der Waals surface area contributed by atoms with Gasteiger partial charge < -0.3 is 0 Å². The number of hydrogen-bond donors (Lipinski definition) is 0. The van der Waals surface area contributed by atoms with Crippen LogP contribution in [0, 0.1) is 0 Å². The Morgan fingerprint density at radius 3 is 1.20 bits per heavy atom. The highest BCUT2D eigenvalue weighted by molar-refractivity contribution is 6.26. The second-order valence-electron chi connectivity index (χ2n) is 26.5. The van der Waals surface area contributed by atoms with Crippen molar-refractivity contribution in [2.75, 3.05) is 0 Å². The molecule has 0 saturated carbocycles. The van der Waals surface area contributed by atoms with Gasteiger partial charge >= 0.3 is 0 Å². The third-order valence-corrected chi connectivity index (χ3v) is 20.7. The second kappa shape index (κ2) is 23.2. The van der Waals surface area contributed by atoms with E-state index in [1.165, 1.54) is 109 Å². The third-order valence-electron chi connectivity index (χ3n) is 20.7. The minimum Gasteiger partial charge on any atom is -0.256 e. The third kappa shape index (κ3) is 9.76. The highest BCUT2D eigenvalue weighted by atomic mass is 14.7. The van der Waals surface area contributed by atoms with E-state index in [1.807, 2.05) is 36.8 Å². The van der Waals surface area contributed by atoms with Gasteiger partial charge in [0, 0.05) is 63.0 Å². The molecule has 462 valence electrons. The quantitative estimate of drug-likeness (QED) is 0.135. The summed E-state index contributed by atoms with van der Waals surface area (Å²) in [6.07, 6.45) is 7.66. The lowest BCUT2D eigenvalue weighted by Crippen LogP contribution is -1.91. The number of para-hydroxylation sites is 2. The van der Waals surface area contributed by atoms with Gasteiger partial charge in [-0.05, 0) is 251 Å². The van der Waals surface area contributed by atoms with E-state index in [0.29, 0.717) is 0 Å². The number of aromatic nitrogens is 4. The van der Waals surface area contributed by atoms with Crippen LogP contribution in [0.5, 0.6) is 0 Å². The Balaban J connectivity index is 0.671. The molecule has 4 nitrogen and oxygen atoms in total. The maximum absolute atomic E-state index is 5.39. The van der Waals surface area contributed by atoms with E-state index in [2.05, 4.69) is 326 Å². The zero-order chi connectivity index (χ0) is 65.8. The van der Waals surface area contributed by atoms with E-state index in [1.54, 1.807) is 0 Å². The van der Waals surface area contributed by atoms with Crippen LogP contribution in [0.3, 0.4) is 0 Å². The first kappa shape index (κ1) is 57.0. The van der Waals surface area contributed by atoms with Crippen LogP contribution in [-0.2, 0) is 0 Å². The minimum atomic E-state index is 0.964. The Labute approximate surface area is 577 Å². The maximum atomic E-state index is 5.39. The van der Waals surface area contributed by atoms with Crippen molar-refractivity contribution in [3.8, 4) is 100 Å². The van der Waals surface area contributed by atoms with Gasteiger partial charge in [0.15, 0.2) is 0 Å². The Kier molecular flexibility index (Phi) is 13.2. The Morgan fingerprint density at radius 1 is 0.160 bits per heavy atom. The van der Waals surface area contributed by atoms with Crippen LogP contribution < -0.4 is 0 Å². The summed E-state index contributed by atoms with van der Waals surface area (Å²) in [5.41, 5.74) is 24.7. The van der Waals surface area contributed by atoms with Crippen molar-refractivity contribution in [1.82, 2.24) is 19.9 Å². The summed E-state index contributed by atoms with van der Waals surface area (Å²) in [4.78, 5) is 19.4. The maximum Gasteiger partial charge on any atom is 0.0780 e. The lowest BCUT2D eigenvalue weighted by Gasteiger charge is -2.16. The standard InChI is InChI=1S/C96H58N4/c1-2-26-85-84(25-1)87(56-78-33-30-59-29-31-68(54-89(59)94(78)85)64-16-4-17-70(47-64)82-27-7-12-60-22-9-45-99-95(60)82)73-20-6-18-71(52-73)83-28-8-21-79-53-80(58-100-96(79)83)69-36-40-86-90(55-69)88(72-19-5-15-63(48-72)67-38-42-92-76(51-67)24-11-44-98-92)57-77-34-32-74-49-65(35-39-81(74)93(77)86)61-13-3-14-62(46-61)66-37-41-91-75(50-66)23-10-43-97-91/h1-58H. The fraction of sp³-hybridized carbons (Fsp3) is 0. The van der Waals surface area contributed by atoms with Crippen LogP contribution in [0.1, 0.15) is 0 Å². The van der Waals surface area contributed by atoms with Gasteiger partial charge in [-0.2, -0.15) is 0 Å². The van der Waals surface area contributed by atoms with Crippen LogP contribution in [0.25, 0.3) is 208 Å². The summed E-state index contributed by atoms with van der Waals surface area (Å²) < 4.78 is 0. The van der Waals surface area contributed by atoms with E-state index in [9.17, 15) is 0 Å². The molecular formula is C96H58N4. The van der Waals surface area contributed by atoms with Crippen LogP contribution in [0.15, 0.2) is 352 Å². The van der Waals surface area contributed by atoms with Gasteiger partial charge in [-0.3, -0.25) is 19.9 Å². The molecule has 0 amide bonds. The average Bonchev–Trinajstić information content (AvgIpc) is 0.741. The van der Waals surface area contributed by atoms with Crippen molar-refractivity contribution in [1.29, 1.82) is 0 Å². The fourth-order valence-corrected chi connectivity index (χ4v) is 15.8. The monoisotopic (exact) mass is 1270 g/mol. The molecule has 4 heterocycles. The van der Waals surface area contributed by atoms with Crippen molar-refractivity contribution < 1.29 is 0 Å². The van der Waals surface area contributed by atoms with Crippen LogP contribution >= 0.6 is 0 Å². The van der Waals surface area contributed by atoms with Crippen LogP contribution in [0.4, 0.5) is 0 Å². The highest BCUT2D eigenvalue weighted by Crippen LogP contribution is 2.45. The number of hydrogen-bond acceptors (Lipinski definition) is 4. The molecule has 20 rings (SSSR count). The van der Waals surface area contributed by atoms with Crippen molar-refractivity contribution in [2.24, 2.45) is 0 Å². The molecule has 0 N–H and O–H groups in total. The first-order valence-electron chi connectivity index (χ1n) is 34.2. The van der Waals surface area contributed by atoms with Crippen LogP contribution in [-0.4, -0.2) is 19.9 Å². The molecule has 0 unspecified atom stereocenters. The van der Waals surface area contributed by atoms with Crippen molar-refractivity contribution in [3.63, 3.8) is 0 Å². The zero-order valence-corrected chi connectivity index (χ0v) is 54.3. The van der Waals surface area contributed by atoms with Gasteiger partial charge in [0.2, 0.25) is 0 Å². The molecule has 16 aromatic carbocycles. The smallest absolute Gasteiger partial charge is 0.0780 e. The topological polar surface area (TPSA) is 51.6 Å². The van der Waals surface area contributed by atoms with Gasteiger partial charge in [-0.15, -0.1) is 0 Å². The van der Waals surface area contributed by atoms with Crippen LogP contribution in [0.2, 0.25) is 0 Å². The molecule has 0 aliphatic rings. The number of nitrogens with zero attached hydrogens (tertiary/aromatic N) is 4. The largest absolute Gasteiger partial charge is 0.256 e. The molecule has 100 heavy (non-hydrogen) atoms. The molecule has 0 radical (unpaired) electrons. The average molecular weight is 1270 g/mol. The molecule has 0 saturated heterocycles. The van der Waals surface area contributed by atoms with Gasteiger partial charge in [0.25, 0.3) is 0 Å². The van der Waals surface area contributed by atoms with Gasteiger partial charge in [-0.25, -0.2) is 0 Å². The molecular weight excluding hydrogens is 1210 g/mol. The molecule has 0 bridgehead atoms. The van der Waals surface area contributed by atoms with E-state index < -0.39 is 0 Å². The summed E-state index contributed by atoms with van der Waals surface area (Å²) in [6.45, 7) is 0. The predicted molar refractivity (Wildman–Crippen MR) is 422 cm³/mol. The van der Waals surface area contributed by atoms with E-state index in [-0.39, 0.29) is 0 Å². The Morgan fingerprint density at radius 2 is 0.550 bits per heavy atom. The Bertz CT molecular complexity index is 6800. The summed E-state index contributed by atoms with van der Waals surface area (Å²) in [5.74, 6) is 0. The lowest BCUT2D eigenvalue weighted by atomic mass is 9.87. The molecule has 4 aromatic heterocycles. The Hall–Kier alpha value is -13.3. The minimum absolute atomic E-state index is 0.964. The molecule has 0 spiro atoms. The SMILES string of the molecule is c1cc(-c2ccc3ncccc3c2)cc(-c2ccc3c(ccc4cc(-c5cccc(-c6ccc7ncccc7c6)c5)c5cc(-c6cnc7c(-c8cccc(-c9cc%10ccc%11ccc(-c%12cccc(-c%13cccc%14cccnc%13%14)c%12)cc%11c%10c%10ccccc9%10)c8)cccc7c6)ccc5c43)c2)c1. The highest BCUT2D eigenvalue weighted by Gasteiger charge is 2.19. The van der Waals surface area contributed by atoms with Gasteiger partial charge in [-0.1, -0.05) is 224 Å². The van der Waals surface area contributed by atoms with Crippen molar-refractivity contribution in [3.05, 3.63) is 352 Å². The predicted octanol–water partition coefficient (Wildman–Crippen LogP) is 25.8. The van der Waals surface area contributed by atoms with Gasteiger partial charge in [0.05, 0.1) is 22.1 Å². The second-order valence-corrected chi connectivity index (χ2v) is 26.5. The van der Waals surface area contributed by atoms with Crippen molar-refractivity contribution >= 4 is 108 Å². The molecule has 0 aliphatic heterocycles. The normalized spacial score (nSPS) is 11.8. The molecule has 20 aromatic rings. The van der Waals surface area contributed by atoms with E-state index >= 15 is 0 Å². The molecule has 4 heteroatoms. The number of fused-ring (bicyclic) bond motifs is 14. The van der Waals surface area contributed by atoms with Gasteiger partial charge in [0.1, 0.15) is 0 Å². The summed E-state index contributed by atoms with van der Waals surface area (Å²) in [6, 6.07) is 121. The lowest BCUT2D eigenvalue weighted by molar-refractivity contribution is 1.41. The van der Waals surface area contributed by atoms with E-state index in [4.69, 9.17) is 9.97 Å². The number of benzene rings is 16. The molecule has 0 fully saturated rings. The molecule has 0 atom stereocenters. The number of rotatable bonds is 9. The zero-order valence-electron chi connectivity index (χ0n) is 54.3. The molecule has 0 aliphatic carbocycles. The fourth-order valence-electron chi connectivity index (χ4n) is 15.8.